The number of carbonyl (C=O) groups excluding carboxylic acids is 1. The molecule has 3 N–H and O–H groups in total. The maximum absolute atomic E-state index is 12.4. The lowest BCUT2D eigenvalue weighted by Gasteiger charge is -2.35. The number of nitrogens with two attached hydrogens (primary N) is 1. The maximum atomic E-state index is 12.4. The summed E-state index contributed by atoms with van der Waals surface area (Å²) in [5.74, 6) is 1.12. The average Bonchev–Trinajstić information content (AvgIpc) is 2.98. The molecule has 1 fully saturated rings. The molecule has 1 aromatic heterocycles. The molecule has 6 nitrogen and oxygen atoms in total. The van der Waals surface area contributed by atoms with Gasteiger partial charge in [-0.3, -0.25) is 4.79 Å². The van der Waals surface area contributed by atoms with Crippen molar-refractivity contribution in [2.45, 2.75) is 77.7 Å². The van der Waals surface area contributed by atoms with Gasteiger partial charge in [0.15, 0.2) is 5.82 Å². The molecule has 1 amide bonds. The van der Waals surface area contributed by atoms with Crippen molar-refractivity contribution in [3.63, 3.8) is 0 Å². The summed E-state index contributed by atoms with van der Waals surface area (Å²) in [6, 6.07) is -0.287. The standard InChI is InChI=1S/C17H30N4O2.ClH/c1-12(14-20-15(21-23-14)16(2,3)4)19-13(22)10-17(11-18)8-6-5-7-9-17;/h12H,5-11,18H2,1-4H3,(H,19,22);1H. The van der Waals surface area contributed by atoms with Gasteiger partial charge in [0.05, 0.1) is 0 Å². The van der Waals surface area contributed by atoms with Crippen LogP contribution in [0.2, 0.25) is 0 Å². The predicted molar refractivity (Wildman–Crippen MR) is 96.0 cm³/mol. The van der Waals surface area contributed by atoms with Gasteiger partial charge in [0, 0.05) is 11.8 Å². The van der Waals surface area contributed by atoms with Gasteiger partial charge in [-0.15, -0.1) is 12.4 Å². The number of aromatic nitrogens is 2. The zero-order valence-corrected chi connectivity index (χ0v) is 16.0. The summed E-state index contributed by atoms with van der Waals surface area (Å²) in [5, 5.41) is 6.98. The van der Waals surface area contributed by atoms with Crippen LogP contribution in [0.25, 0.3) is 0 Å². The molecular weight excluding hydrogens is 328 g/mol. The molecule has 1 aliphatic rings. The third-order valence-corrected chi connectivity index (χ3v) is 4.74. The second-order valence-electron chi connectivity index (χ2n) is 7.94. The van der Waals surface area contributed by atoms with Crippen molar-refractivity contribution < 1.29 is 9.32 Å². The van der Waals surface area contributed by atoms with Crippen molar-refractivity contribution in [3.8, 4) is 0 Å². The summed E-state index contributed by atoms with van der Waals surface area (Å²) in [6.07, 6.45) is 6.14. The van der Waals surface area contributed by atoms with E-state index >= 15 is 0 Å². The van der Waals surface area contributed by atoms with Crippen molar-refractivity contribution >= 4 is 18.3 Å². The lowest BCUT2D eigenvalue weighted by molar-refractivity contribution is -0.124. The number of nitrogens with one attached hydrogen (secondary N) is 1. The molecule has 0 bridgehead atoms. The van der Waals surface area contributed by atoms with E-state index in [2.05, 4.69) is 15.5 Å². The molecular formula is C17H31ClN4O2. The van der Waals surface area contributed by atoms with Crippen LogP contribution in [0.4, 0.5) is 0 Å². The van der Waals surface area contributed by atoms with Gasteiger partial charge < -0.3 is 15.6 Å². The molecule has 1 unspecified atom stereocenters. The smallest absolute Gasteiger partial charge is 0.248 e. The van der Waals surface area contributed by atoms with Gasteiger partial charge in [-0.2, -0.15) is 4.98 Å². The number of nitrogens with zero attached hydrogens (tertiary/aromatic N) is 2. The third-order valence-electron chi connectivity index (χ3n) is 4.74. The second-order valence-corrected chi connectivity index (χ2v) is 7.94. The number of halogens is 1. The molecule has 1 aliphatic carbocycles. The van der Waals surface area contributed by atoms with Gasteiger partial charge in [0.2, 0.25) is 11.8 Å². The zero-order valence-electron chi connectivity index (χ0n) is 15.2. The first-order valence-electron chi connectivity index (χ1n) is 8.59. The Morgan fingerprint density at radius 1 is 1.33 bits per heavy atom. The number of amides is 1. The van der Waals surface area contributed by atoms with Crippen LogP contribution in [0, 0.1) is 5.41 Å². The van der Waals surface area contributed by atoms with Gasteiger partial charge in [-0.25, -0.2) is 0 Å². The molecule has 0 aromatic carbocycles. The van der Waals surface area contributed by atoms with E-state index in [1.807, 2.05) is 27.7 Å². The van der Waals surface area contributed by atoms with Gasteiger partial charge >= 0.3 is 0 Å². The fraction of sp³-hybridized carbons (Fsp3) is 0.824. The van der Waals surface area contributed by atoms with Crippen molar-refractivity contribution in [1.29, 1.82) is 0 Å². The summed E-state index contributed by atoms with van der Waals surface area (Å²) in [5.41, 5.74) is 5.76. The Morgan fingerprint density at radius 2 is 1.96 bits per heavy atom. The van der Waals surface area contributed by atoms with Gasteiger partial charge in [-0.1, -0.05) is 45.2 Å². The Labute approximate surface area is 150 Å². The lowest BCUT2D eigenvalue weighted by Crippen LogP contribution is -2.39. The minimum absolute atomic E-state index is 0. The van der Waals surface area contributed by atoms with Crippen LogP contribution in [0.3, 0.4) is 0 Å². The molecule has 138 valence electrons. The molecule has 0 spiro atoms. The molecule has 7 heteroatoms. The normalized spacial score (nSPS) is 18.5. The van der Waals surface area contributed by atoms with Crippen molar-refractivity contribution in [1.82, 2.24) is 15.5 Å². The molecule has 1 heterocycles. The molecule has 0 radical (unpaired) electrons. The van der Waals surface area contributed by atoms with Crippen LogP contribution in [-0.2, 0) is 10.2 Å². The molecule has 0 saturated heterocycles. The van der Waals surface area contributed by atoms with E-state index in [4.69, 9.17) is 10.3 Å². The predicted octanol–water partition coefficient (Wildman–Crippen LogP) is 3.27. The topological polar surface area (TPSA) is 94.0 Å². The summed E-state index contributed by atoms with van der Waals surface area (Å²) in [4.78, 5) is 16.8. The first-order valence-corrected chi connectivity index (χ1v) is 8.59. The molecule has 1 aromatic rings. The molecule has 1 saturated carbocycles. The second kappa shape index (κ2) is 8.30. The van der Waals surface area contributed by atoms with Crippen LogP contribution in [0.15, 0.2) is 4.52 Å². The fourth-order valence-electron chi connectivity index (χ4n) is 3.17. The molecule has 2 rings (SSSR count). The SMILES string of the molecule is CC(NC(=O)CC1(CN)CCCCC1)c1nc(C(C)(C)C)no1.Cl. The molecule has 1 atom stereocenters. The summed E-state index contributed by atoms with van der Waals surface area (Å²) in [7, 11) is 0. The highest BCUT2D eigenvalue weighted by molar-refractivity contribution is 5.85. The van der Waals surface area contributed by atoms with E-state index in [-0.39, 0.29) is 35.2 Å². The number of rotatable bonds is 5. The Balaban J connectivity index is 0.00000288. The van der Waals surface area contributed by atoms with E-state index in [9.17, 15) is 4.79 Å². The van der Waals surface area contributed by atoms with Crippen molar-refractivity contribution in [3.05, 3.63) is 11.7 Å². The van der Waals surface area contributed by atoms with Crippen LogP contribution < -0.4 is 11.1 Å². The first-order chi connectivity index (χ1) is 10.8. The maximum Gasteiger partial charge on any atom is 0.248 e. The Morgan fingerprint density at radius 3 is 2.46 bits per heavy atom. The summed E-state index contributed by atoms with van der Waals surface area (Å²) < 4.78 is 5.29. The van der Waals surface area contributed by atoms with E-state index < -0.39 is 0 Å². The quantitative estimate of drug-likeness (QED) is 0.842. The lowest BCUT2D eigenvalue weighted by atomic mass is 9.71. The third kappa shape index (κ3) is 5.18. The Kier molecular flexibility index (Phi) is 7.23. The van der Waals surface area contributed by atoms with E-state index in [0.29, 0.717) is 24.7 Å². The highest BCUT2D eigenvalue weighted by Crippen LogP contribution is 2.38. The van der Waals surface area contributed by atoms with Gasteiger partial charge in [0.25, 0.3) is 0 Å². The highest BCUT2D eigenvalue weighted by atomic mass is 35.5. The Hall–Kier alpha value is -1.14. The number of hydrogen-bond acceptors (Lipinski definition) is 5. The molecule has 24 heavy (non-hydrogen) atoms. The highest BCUT2D eigenvalue weighted by Gasteiger charge is 2.33. The van der Waals surface area contributed by atoms with Crippen LogP contribution in [0.1, 0.15) is 84.0 Å². The number of carbonyl (C=O) groups is 1. The van der Waals surface area contributed by atoms with E-state index in [1.54, 1.807) is 0 Å². The Bertz CT molecular complexity index is 533. The summed E-state index contributed by atoms with van der Waals surface area (Å²) in [6.45, 7) is 8.52. The fourth-order valence-corrected chi connectivity index (χ4v) is 3.17. The van der Waals surface area contributed by atoms with Crippen LogP contribution in [0.5, 0.6) is 0 Å². The summed E-state index contributed by atoms with van der Waals surface area (Å²) >= 11 is 0. The minimum Gasteiger partial charge on any atom is -0.345 e. The van der Waals surface area contributed by atoms with Crippen molar-refractivity contribution in [2.75, 3.05) is 6.54 Å². The molecule has 0 aliphatic heterocycles. The minimum atomic E-state index is -0.287. The average molecular weight is 359 g/mol. The van der Waals surface area contributed by atoms with Gasteiger partial charge in [-0.05, 0) is 31.7 Å². The van der Waals surface area contributed by atoms with Crippen molar-refractivity contribution in [2.24, 2.45) is 11.1 Å². The van der Waals surface area contributed by atoms with E-state index in [1.165, 1.54) is 19.3 Å². The van der Waals surface area contributed by atoms with Gasteiger partial charge in [0.1, 0.15) is 6.04 Å². The number of hydrogen-bond donors (Lipinski definition) is 2. The van der Waals surface area contributed by atoms with Crippen LogP contribution in [-0.4, -0.2) is 22.6 Å². The monoisotopic (exact) mass is 358 g/mol. The largest absolute Gasteiger partial charge is 0.345 e. The zero-order chi connectivity index (χ0) is 17.1. The van der Waals surface area contributed by atoms with E-state index in [0.717, 1.165) is 12.8 Å². The first kappa shape index (κ1) is 20.9. The van der Waals surface area contributed by atoms with Crippen LogP contribution >= 0.6 is 12.4 Å².